The molecule has 5 heteroatoms. The number of hydrogen-bond donors (Lipinski definition) is 1. The summed E-state index contributed by atoms with van der Waals surface area (Å²) in [6.07, 6.45) is 0.871. The molecule has 0 saturated carbocycles. The van der Waals surface area contributed by atoms with Crippen molar-refractivity contribution in [2.45, 2.75) is 25.8 Å². The molecule has 0 aromatic heterocycles. The van der Waals surface area contributed by atoms with Gasteiger partial charge in [-0.1, -0.05) is 27.5 Å². The van der Waals surface area contributed by atoms with Gasteiger partial charge in [-0.05, 0) is 61.1 Å². The van der Waals surface area contributed by atoms with E-state index in [9.17, 15) is 4.79 Å². The highest BCUT2D eigenvalue weighted by molar-refractivity contribution is 14.1. The van der Waals surface area contributed by atoms with Crippen molar-refractivity contribution < 1.29 is 4.79 Å². The Kier molecular flexibility index (Phi) is 5.73. The van der Waals surface area contributed by atoms with Crippen LogP contribution >= 0.6 is 50.1 Å². The zero-order chi connectivity index (χ0) is 13.1. The summed E-state index contributed by atoms with van der Waals surface area (Å²) in [5.74, 6) is -0.0807. The summed E-state index contributed by atoms with van der Waals surface area (Å²) < 4.78 is 0.902. The number of carbonyl (C=O) groups excluding carboxylic acids is 1. The van der Waals surface area contributed by atoms with Gasteiger partial charge in [0, 0.05) is 19.5 Å². The lowest BCUT2D eigenvalue weighted by Gasteiger charge is -2.25. The molecule has 94 valence electrons. The zero-order valence-electron chi connectivity index (χ0n) is 9.69. The first-order chi connectivity index (χ1) is 7.85. The van der Waals surface area contributed by atoms with Gasteiger partial charge in [0.15, 0.2) is 0 Å². The third-order valence-electron chi connectivity index (χ3n) is 2.34. The van der Waals surface area contributed by atoms with Gasteiger partial charge in [0.2, 0.25) is 0 Å². The van der Waals surface area contributed by atoms with E-state index in [1.165, 1.54) is 0 Å². The molecule has 0 saturated heterocycles. The topological polar surface area (TPSA) is 29.1 Å². The second-order valence-electron chi connectivity index (χ2n) is 4.40. The van der Waals surface area contributed by atoms with E-state index >= 15 is 0 Å². The maximum Gasteiger partial charge on any atom is 0.252 e. The summed E-state index contributed by atoms with van der Waals surface area (Å²) in [5.41, 5.74) is 0.396. The standard InChI is InChI=1S/C12H14BrClINO/c1-12(2,5-6-13)16-11(17)9-7-8(14)3-4-10(9)15/h3-4,7H,5-6H2,1-2H3,(H,16,17). The van der Waals surface area contributed by atoms with E-state index in [0.717, 1.165) is 15.3 Å². The van der Waals surface area contributed by atoms with Gasteiger partial charge in [-0.3, -0.25) is 4.79 Å². The summed E-state index contributed by atoms with van der Waals surface area (Å²) in [6.45, 7) is 4.01. The van der Waals surface area contributed by atoms with E-state index in [4.69, 9.17) is 11.6 Å². The Morgan fingerprint density at radius 3 is 2.76 bits per heavy atom. The molecule has 1 rings (SSSR count). The van der Waals surface area contributed by atoms with E-state index in [1.54, 1.807) is 12.1 Å². The minimum atomic E-state index is -0.230. The molecule has 17 heavy (non-hydrogen) atoms. The summed E-state index contributed by atoms with van der Waals surface area (Å²) in [5, 5.41) is 4.44. The highest BCUT2D eigenvalue weighted by Crippen LogP contribution is 2.19. The molecule has 0 bridgehead atoms. The van der Waals surface area contributed by atoms with Crippen LogP contribution in [0.25, 0.3) is 0 Å². The second kappa shape index (κ2) is 6.38. The molecule has 0 fully saturated rings. The van der Waals surface area contributed by atoms with E-state index < -0.39 is 0 Å². The Balaban J connectivity index is 2.86. The van der Waals surface area contributed by atoms with Crippen LogP contribution in [-0.2, 0) is 0 Å². The van der Waals surface area contributed by atoms with Gasteiger partial charge in [0.1, 0.15) is 0 Å². The van der Waals surface area contributed by atoms with E-state index in [-0.39, 0.29) is 11.4 Å². The van der Waals surface area contributed by atoms with Crippen LogP contribution in [0.4, 0.5) is 0 Å². The van der Waals surface area contributed by atoms with Crippen molar-refractivity contribution in [1.82, 2.24) is 5.32 Å². The van der Waals surface area contributed by atoms with Gasteiger partial charge in [0.25, 0.3) is 5.91 Å². The Labute approximate surface area is 129 Å². The Hall–Kier alpha value is 0.190. The SMILES string of the molecule is CC(C)(CCBr)NC(=O)c1cc(Cl)ccc1I. The first-order valence-corrected chi connectivity index (χ1v) is 7.77. The molecule has 0 unspecified atom stereocenters. The summed E-state index contributed by atoms with van der Waals surface area (Å²) in [4.78, 5) is 12.1. The van der Waals surface area contributed by atoms with Crippen LogP contribution < -0.4 is 5.32 Å². The maximum absolute atomic E-state index is 12.1. The van der Waals surface area contributed by atoms with Crippen molar-refractivity contribution >= 4 is 56.0 Å². The van der Waals surface area contributed by atoms with Crippen LogP contribution in [0.5, 0.6) is 0 Å². The summed E-state index contributed by atoms with van der Waals surface area (Å²) in [7, 11) is 0. The normalized spacial score (nSPS) is 11.4. The van der Waals surface area contributed by atoms with Crippen molar-refractivity contribution in [3.8, 4) is 0 Å². The summed E-state index contributed by atoms with van der Waals surface area (Å²) >= 11 is 11.4. The van der Waals surface area contributed by atoms with Gasteiger partial charge in [-0.15, -0.1) is 0 Å². The molecule has 0 aliphatic carbocycles. The Morgan fingerprint density at radius 1 is 1.53 bits per heavy atom. The number of halogens is 3. The van der Waals surface area contributed by atoms with Crippen molar-refractivity contribution in [2.24, 2.45) is 0 Å². The van der Waals surface area contributed by atoms with Crippen LogP contribution in [0.1, 0.15) is 30.6 Å². The molecule has 0 aliphatic heterocycles. The van der Waals surface area contributed by atoms with Gasteiger partial charge >= 0.3 is 0 Å². The maximum atomic E-state index is 12.1. The molecule has 0 atom stereocenters. The van der Waals surface area contributed by atoms with Crippen molar-refractivity contribution in [2.75, 3.05) is 5.33 Å². The number of nitrogens with one attached hydrogen (secondary N) is 1. The lowest BCUT2D eigenvalue weighted by molar-refractivity contribution is 0.0911. The van der Waals surface area contributed by atoms with Crippen LogP contribution in [0.3, 0.4) is 0 Å². The number of hydrogen-bond acceptors (Lipinski definition) is 1. The molecule has 0 heterocycles. The minimum absolute atomic E-state index is 0.0807. The number of alkyl halides is 1. The number of rotatable bonds is 4. The number of amides is 1. The minimum Gasteiger partial charge on any atom is -0.347 e. The molecule has 1 amide bonds. The molecule has 0 radical (unpaired) electrons. The quantitative estimate of drug-likeness (QED) is 0.562. The highest BCUT2D eigenvalue weighted by atomic mass is 127. The average Bonchev–Trinajstić information content (AvgIpc) is 2.20. The predicted octanol–water partition coefficient (Wildman–Crippen LogP) is 4.24. The van der Waals surface area contributed by atoms with Crippen molar-refractivity contribution in [3.05, 3.63) is 32.4 Å². The fourth-order valence-corrected chi connectivity index (χ4v) is 3.09. The van der Waals surface area contributed by atoms with Crippen LogP contribution in [0.2, 0.25) is 5.02 Å². The lowest BCUT2D eigenvalue weighted by Crippen LogP contribution is -2.43. The molecule has 0 aliphatic rings. The fourth-order valence-electron chi connectivity index (χ4n) is 1.34. The molecule has 1 aromatic rings. The van der Waals surface area contributed by atoms with Gasteiger partial charge < -0.3 is 5.32 Å². The van der Waals surface area contributed by atoms with Crippen LogP contribution in [0, 0.1) is 3.57 Å². The Bertz CT molecular complexity index is 423. The van der Waals surface area contributed by atoms with Gasteiger partial charge in [-0.2, -0.15) is 0 Å². The van der Waals surface area contributed by atoms with E-state index in [1.807, 2.05) is 19.9 Å². The summed E-state index contributed by atoms with van der Waals surface area (Å²) in [6, 6.07) is 5.32. The zero-order valence-corrected chi connectivity index (χ0v) is 14.2. The molecule has 0 spiro atoms. The molecule has 1 aromatic carbocycles. The monoisotopic (exact) mass is 429 g/mol. The molecular weight excluding hydrogens is 416 g/mol. The second-order valence-corrected chi connectivity index (χ2v) is 6.79. The van der Waals surface area contributed by atoms with Gasteiger partial charge in [0.05, 0.1) is 5.56 Å². The average molecular weight is 431 g/mol. The predicted molar refractivity (Wildman–Crippen MR) is 84.1 cm³/mol. The van der Waals surface area contributed by atoms with Gasteiger partial charge in [-0.25, -0.2) is 0 Å². The molecule has 1 N–H and O–H groups in total. The molecule has 2 nitrogen and oxygen atoms in total. The Morgan fingerprint density at radius 2 is 2.18 bits per heavy atom. The largest absolute Gasteiger partial charge is 0.347 e. The van der Waals surface area contributed by atoms with E-state index in [2.05, 4.69) is 43.8 Å². The first kappa shape index (κ1) is 15.2. The van der Waals surface area contributed by atoms with Crippen molar-refractivity contribution in [3.63, 3.8) is 0 Å². The third kappa shape index (κ3) is 4.75. The first-order valence-electron chi connectivity index (χ1n) is 5.19. The number of benzene rings is 1. The van der Waals surface area contributed by atoms with Crippen molar-refractivity contribution in [1.29, 1.82) is 0 Å². The van der Waals surface area contributed by atoms with Crippen LogP contribution in [-0.4, -0.2) is 16.8 Å². The third-order valence-corrected chi connectivity index (χ3v) is 3.92. The highest BCUT2D eigenvalue weighted by Gasteiger charge is 2.21. The van der Waals surface area contributed by atoms with E-state index in [0.29, 0.717) is 10.6 Å². The lowest BCUT2D eigenvalue weighted by atomic mass is 10.0. The van der Waals surface area contributed by atoms with Crippen LogP contribution in [0.15, 0.2) is 18.2 Å². The fraction of sp³-hybridized carbons (Fsp3) is 0.417. The smallest absolute Gasteiger partial charge is 0.252 e. The molecular formula is C12H14BrClINO. The number of carbonyl (C=O) groups is 1.